The lowest BCUT2D eigenvalue weighted by molar-refractivity contribution is -0.121. The molecular formula is C19H29N5O2. The maximum atomic E-state index is 12.7. The van der Waals surface area contributed by atoms with Gasteiger partial charge in [0.15, 0.2) is 5.65 Å². The van der Waals surface area contributed by atoms with E-state index < -0.39 is 0 Å². The van der Waals surface area contributed by atoms with Gasteiger partial charge in [0.1, 0.15) is 0 Å². The molecule has 0 spiro atoms. The van der Waals surface area contributed by atoms with Crippen molar-refractivity contribution in [3.05, 3.63) is 27.2 Å². The number of rotatable bonds is 5. The van der Waals surface area contributed by atoms with Gasteiger partial charge in [0.05, 0.1) is 11.8 Å². The van der Waals surface area contributed by atoms with Crippen LogP contribution in [-0.2, 0) is 18.3 Å². The first kappa shape index (κ1) is 18.6. The molecule has 7 heteroatoms. The molecule has 1 aliphatic carbocycles. The third-order valence-electron chi connectivity index (χ3n) is 5.73. The molecule has 0 aliphatic heterocycles. The fourth-order valence-electron chi connectivity index (χ4n) is 4.23. The Labute approximate surface area is 153 Å². The molecule has 3 rings (SSSR count). The van der Waals surface area contributed by atoms with Crippen LogP contribution in [0, 0.1) is 19.8 Å². The summed E-state index contributed by atoms with van der Waals surface area (Å²) in [6.45, 7) is 4.23. The fraction of sp³-hybridized carbons (Fsp3) is 0.632. The summed E-state index contributed by atoms with van der Waals surface area (Å²) in [5, 5.41) is 6.41. The van der Waals surface area contributed by atoms with E-state index in [1.54, 1.807) is 11.7 Å². The van der Waals surface area contributed by atoms with Crippen LogP contribution in [0.15, 0.2) is 4.79 Å². The van der Waals surface area contributed by atoms with E-state index >= 15 is 0 Å². The summed E-state index contributed by atoms with van der Waals surface area (Å²) >= 11 is 0. The molecule has 1 amide bonds. The zero-order valence-corrected chi connectivity index (χ0v) is 15.9. The SMILES string of the molecule is Cc1nc2c(c(C)c1CC(=O)NC(CN)C1CCCCC1)c(=O)[nH]n2C. The molecule has 142 valence electrons. The minimum Gasteiger partial charge on any atom is -0.352 e. The van der Waals surface area contributed by atoms with E-state index in [4.69, 9.17) is 5.73 Å². The van der Waals surface area contributed by atoms with Gasteiger partial charge in [-0.1, -0.05) is 19.3 Å². The molecule has 1 aliphatic rings. The molecule has 4 N–H and O–H groups in total. The van der Waals surface area contributed by atoms with E-state index in [2.05, 4.69) is 15.4 Å². The van der Waals surface area contributed by atoms with E-state index in [1.165, 1.54) is 19.3 Å². The summed E-state index contributed by atoms with van der Waals surface area (Å²) < 4.78 is 1.62. The van der Waals surface area contributed by atoms with Crippen LogP contribution in [0.3, 0.4) is 0 Å². The molecular weight excluding hydrogens is 330 g/mol. The number of amides is 1. The molecule has 2 aromatic rings. The quantitative estimate of drug-likeness (QED) is 0.751. The minimum atomic E-state index is -0.170. The highest BCUT2D eigenvalue weighted by Crippen LogP contribution is 2.26. The van der Waals surface area contributed by atoms with E-state index in [0.717, 1.165) is 29.7 Å². The van der Waals surface area contributed by atoms with Gasteiger partial charge in [-0.15, -0.1) is 0 Å². The monoisotopic (exact) mass is 359 g/mol. The Morgan fingerprint density at radius 1 is 1.35 bits per heavy atom. The number of hydrogen-bond acceptors (Lipinski definition) is 4. The number of aromatic amines is 1. The average Bonchev–Trinajstić information content (AvgIpc) is 2.91. The molecule has 1 atom stereocenters. The van der Waals surface area contributed by atoms with Crippen molar-refractivity contribution in [3.8, 4) is 0 Å². The second-order valence-electron chi connectivity index (χ2n) is 7.48. The summed E-state index contributed by atoms with van der Waals surface area (Å²) in [6.07, 6.45) is 6.19. The Bertz CT molecular complexity index is 861. The zero-order chi connectivity index (χ0) is 18.8. The normalized spacial score (nSPS) is 16.8. The lowest BCUT2D eigenvalue weighted by atomic mass is 9.84. The third kappa shape index (κ3) is 3.53. The first-order valence-corrected chi connectivity index (χ1v) is 9.46. The summed E-state index contributed by atoms with van der Waals surface area (Å²) in [5.74, 6) is 0.420. The van der Waals surface area contributed by atoms with Crippen LogP contribution >= 0.6 is 0 Å². The third-order valence-corrected chi connectivity index (χ3v) is 5.73. The van der Waals surface area contributed by atoms with Crippen molar-refractivity contribution < 1.29 is 4.79 Å². The van der Waals surface area contributed by atoms with E-state index in [-0.39, 0.29) is 23.9 Å². The summed E-state index contributed by atoms with van der Waals surface area (Å²) in [7, 11) is 1.76. The van der Waals surface area contributed by atoms with Gasteiger partial charge in [0.2, 0.25) is 5.91 Å². The average molecular weight is 359 g/mol. The van der Waals surface area contributed by atoms with Crippen LogP contribution in [0.5, 0.6) is 0 Å². The first-order valence-electron chi connectivity index (χ1n) is 9.46. The molecule has 2 heterocycles. The Kier molecular flexibility index (Phi) is 5.46. The van der Waals surface area contributed by atoms with Crippen LogP contribution in [0.4, 0.5) is 0 Å². The molecule has 0 bridgehead atoms. The van der Waals surface area contributed by atoms with Crippen molar-refractivity contribution in [1.82, 2.24) is 20.1 Å². The second-order valence-corrected chi connectivity index (χ2v) is 7.48. The number of carbonyl (C=O) groups is 1. The minimum absolute atomic E-state index is 0.0280. The molecule has 26 heavy (non-hydrogen) atoms. The number of nitrogens with zero attached hydrogens (tertiary/aromatic N) is 2. The molecule has 0 aromatic carbocycles. The van der Waals surface area contributed by atoms with E-state index in [0.29, 0.717) is 23.5 Å². The zero-order valence-electron chi connectivity index (χ0n) is 15.9. The maximum absolute atomic E-state index is 12.7. The smallest absolute Gasteiger partial charge is 0.273 e. The predicted octanol–water partition coefficient (Wildman–Crippen LogP) is 1.44. The number of aryl methyl sites for hydroxylation is 3. The maximum Gasteiger partial charge on any atom is 0.273 e. The highest BCUT2D eigenvalue weighted by atomic mass is 16.1. The summed E-state index contributed by atoms with van der Waals surface area (Å²) in [6, 6.07) is 0.0280. The summed E-state index contributed by atoms with van der Waals surface area (Å²) in [5.41, 5.74) is 8.81. The van der Waals surface area contributed by atoms with Gasteiger partial charge in [-0.25, -0.2) is 4.98 Å². The first-order chi connectivity index (χ1) is 12.4. The Balaban J connectivity index is 1.80. The molecule has 1 unspecified atom stereocenters. The standard InChI is InChI=1S/C19H29N5O2/c1-11-14(12(2)21-18-17(11)19(26)23-24(18)3)9-16(25)22-15(10-20)13-7-5-4-6-8-13/h13,15H,4-10,20H2,1-3H3,(H,22,25)(H,23,26). The Morgan fingerprint density at radius 2 is 2.04 bits per heavy atom. The van der Waals surface area contributed by atoms with Crippen molar-refractivity contribution in [2.45, 2.75) is 58.4 Å². The van der Waals surface area contributed by atoms with Crippen molar-refractivity contribution in [1.29, 1.82) is 0 Å². The number of nitrogens with two attached hydrogens (primary N) is 1. The number of carbonyl (C=O) groups excluding carboxylic acids is 1. The molecule has 0 radical (unpaired) electrons. The van der Waals surface area contributed by atoms with Gasteiger partial charge in [-0.2, -0.15) is 0 Å². The van der Waals surface area contributed by atoms with Crippen LogP contribution in [0.2, 0.25) is 0 Å². The predicted molar refractivity (Wildman–Crippen MR) is 102 cm³/mol. The van der Waals surface area contributed by atoms with Gasteiger partial charge in [0.25, 0.3) is 5.56 Å². The van der Waals surface area contributed by atoms with Crippen molar-refractivity contribution in [2.24, 2.45) is 18.7 Å². The number of H-pyrrole nitrogens is 1. The van der Waals surface area contributed by atoms with Crippen LogP contribution in [-0.4, -0.2) is 33.3 Å². The topological polar surface area (TPSA) is 106 Å². The Hall–Kier alpha value is -2.15. The number of pyridine rings is 1. The van der Waals surface area contributed by atoms with E-state index in [9.17, 15) is 9.59 Å². The highest BCUT2D eigenvalue weighted by Gasteiger charge is 2.25. The number of fused-ring (bicyclic) bond motifs is 1. The molecule has 0 saturated heterocycles. The van der Waals surface area contributed by atoms with E-state index in [1.807, 2.05) is 13.8 Å². The second kappa shape index (κ2) is 7.61. The number of hydrogen-bond donors (Lipinski definition) is 3. The fourth-order valence-corrected chi connectivity index (χ4v) is 4.23. The van der Waals surface area contributed by atoms with Crippen LogP contribution in [0.1, 0.15) is 48.9 Å². The molecule has 1 saturated carbocycles. The van der Waals surface area contributed by atoms with Crippen LogP contribution < -0.4 is 16.6 Å². The van der Waals surface area contributed by atoms with Crippen molar-refractivity contribution in [2.75, 3.05) is 6.54 Å². The van der Waals surface area contributed by atoms with Crippen LogP contribution in [0.25, 0.3) is 11.0 Å². The highest BCUT2D eigenvalue weighted by molar-refractivity contribution is 5.84. The van der Waals surface area contributed by atoms with Crippen molar-refractivity contribution in [3.63, 3.8) is 0 Å². The van der Waals surface area contributed by atoms with Crippen molar-refractivity contribution >= 4 is 16.9 Å². The van der Waals surface area contributed by atoms with Gasteiger partial charge in [-0.3, -0.25) is 19.4 Å². The Morgan fingerprint density at radius 3 is 2.69 bits per heavy atom. The lowest BCUT2D eigenvalue weighted by Gasteiger charge is -2.30. The lowest BCUT2D eigenvalue weighted by Crippen LogP contribution is -2.46. The largest absolute Gasteiger partial charge is 0.352 e. The summed E-state index contributed by atoms with van der Waals surface area (Å²) in [4.78, 5) is 29.4. The van der Waals surface area contributed by atoms with Gasteiger partial charge >= 0.3 is 0 Å². The molecule has 7 nitrogen and oxygen atoms in total. The van der Waals surface area contributed by atoms with Gasteiger partial charge in [-0.05, 0) is 43.7 Å². The number of aromatic nitrogens is 3. The van der Waals surface area contributed by atoms with Gasteiger partial charge in [0, 0.05) is 25.3 Å². The molecule has 2 aromatic heterocycles. The molecule has 1 fully saturated rings. The van der Waals surface area contributed by atoms with Gasteiger partial charge < -0.3 is 11.1 Å². The number of nitrogens with one attached hydrogen (secondary N) is 2.